The molecule has 0 saturated carbocycles. The zero-order chi connectivity index (χ0) is 17.6. The molecular formula is C19H15N3O3. The van der Waals surface area contributed by atoms with E-state index in [2.05, 4.69) is 10.3 Å². The Bertz CT molecular complexity index is 962. The second-order valence-corrected chi connectivity index (χ2v) is 5.43. The van der Waals surface area contributed by atoms with E-state index >= 15 is 0 Å². The van der Waals surface area contributed by atoms with Crippen molar-refractivity contribution in [2.24, 2.45) is 0 Å². The lowest BCUT2D eigenvalue weighted by atomic mass is 10.1. The normalized spacial score (nSPS) is 10.2. The molecule has 0 spiro atoms. The fourth-order valence-electron chi connectivity index (χ4n) is 2.36. The number of nitrogens with zero attached hydrogens (tertiary/aromatic N) is 2. The third-order valence-corrected chi connectivity index (χ3v) is 3.62. The van der Waals surface area contributed by atoms with Gasteiger partial charge in [-0.15, -0.1) is 0 Å². The second kappa shape index (κ2) is 7.35. The van der Waals surface area contributed by atoms with Gasteiger partial charge in [0.1, 0.15) is 0 Å². The molecule has 124 valence electrons. The third kappa shape index (κ3) is 4.06. The number of rotatable bonds is 6. The number of Topliss-reactive ketones (excluding diaryl/α,β-unsaturated/α-hetero) is 1. The van der Waals surface area contributed by atoms with Crippen LogP contribution >= 0.6 is 0 Å². The predicted molar refractivity (Wildman–Crippen MR) is 94.2 cm³/mol. The SMILES string of the molecule is O=CC(=O)c1cncc(Nc2ccc(Cn3ccccc3=O)cc2)c1. The van der Waals surface area contributed by atoms with Gasteiger partial charge >= 0.3 is 0 Å². The molecule has 0 saturated heterocycles. The maximum atomic E-state index is 11.7. The number of benzene rings is 1. The van der Waals surface area contributed by atoms with Crippen molar-refractivity contribution >= 4 is 23.4 Å². The summed E-state index contributed by atoms with van der Waals surface area (Å²) in [6.07, 6.45) is 4.93. The lowest BCUT2D eigenvalue weighted by Gasteiger charge is -2.09. The van der Waals surface area contributed by atoms with Crippen molar-refractivity contribution in [2.45, 2.75) is 6.54 Å². The fourth-order valence-corrected chi connectivity index (χ4v) is 2.36. The van der Waals surface area contributed by atoms with E-state index in [0.717, 1.165) is 11.3 Å². The van der Waals surface area contributed by atoms with Crippen LogP contribution in [-0.2, 0) is 11.3 Å². The van der Waals surface area contributed by atoms with Gasteiger partial charge < -0.3 is 9.88 Å². The molecule has 2 heterocycles. The van der Waals surface area contributed by atoms with E-state index < -0.39 is 5.78 Å². The summed E-state index contributed by atoms with van der Waals surface area (Å²) in [6, 6.07) is 14.2. The van der Waals surface area contributed by atoms with E-state index in [-0.39, 0.29) is 17.4 Å². The Hall–Kier alpha value is -3.54. The molecule has 0 amide bonds. The molecule has 25 heavy (non-hydrogen) atoms. The molecule has 0 aliphatic carbocycles. The molecule has 0 aliphatic heterocycles. The maximum absolute atomic E-state index is 11.7. The monoisotopic (exact) mass is 333 g/mol. The average molecular weight is 333 g/mol. The number of carbonyl (C=O) groups is 2. The standard InChI is InChI=1S/C19H15N3O3/c23-13-18(24)15-9-17(11-20-10-15)21-16-6-4-14(5-7-16)12-22-8-2-1-3-19(22)25/h1-11,13,21H,12H2. The number of hydrogen-bond acceptors (Lipinski definition) is 5. The van der Waals surface area contributed by atoms with Gasteiger partial charge in [-0.25, -0.2) is 0 Å². The second-order valence-electron chi connectivity index (χ2n) is 5.43. The van der Waals surface area contributed by atoms with Crippen LogP contribution in [0.3, 0.4) is 0 Å². The summed E-state index contributed by atoms with van der Waals surface area (Å²) in [5, 5.41) is 3.13. The van der Waals surface area contributed by atoms with Crippen LogP contribution in [0.25, 0.3) is 0 Å². The molecule has 0 aliphatic rings. The molecule has 3 rings (SSSR count). The van der Waals surface area contributed by atoms with Crippen LogP contribution in [0.1, 0.15) is 15.9 Å². The largest absolute Gasteiger partial charge is 0.354 e. The van der Waals surface area contributed by atoms with Gasteiger partial charge in [0.25, 0.3) is 5.56 Å². The maximum Gasteiger partial charge on any atom is 0.250 e. The first-order chi connectivity index (χ1) is 12.2. The number of nitrogens with one attached hydrogen (secondary N) is 1. The van der Waals surface area contributed by atoms with Crippen molar-refractivity contribution in [3.63, 3.8) is 0 Å². The Morgan fingerprint density at radius 2 is 1.88 bits per heavy atom. The highest BCUT2D eigenvalue weighted by molar-refractivity contribution is 6.33. The van der Waals surface area contributed by atoms with Crippen molar-refractivity contribution < 1.29 is 9.59 Å². The van der Waals surface area contributed by atoms with E-state index in [1.807, 2.05) is 30.3 Å². The van der Waals surface area contributed by atoms with Crippen molar-refractivity contribution in [1.29, 1.82) is 0 Å². The lowest BCUT2D eigenvalue weighted by Crippen LogP contribution is -2.18. The fraction of sp³-hybridized carbons (Fsp3) is 0.0526. The number of hydrogen-bond donors (Lipinski definition) is 1. The van der Waals surface area contributed by atoms with E-state index in [9.17, 15) is 14.4 Å². The molecule has 6 nitrogen and oxygen atoms in total. The summed E-state index contributed by atoms with van der Waals surface area (Å²) in [7, 11) is 0. The molecule has 0 bridgehead atoms. The number of carbonyl (C=O) groups excluding carboxylic acids is 2. The summed E-state index contributed by atoms with van der Waals surface area (Å²) in [6.45, 7) is 0.491. The Labute approximate surface area is 143 Å². The van der Waals surface area contributed by atoms with Crippen molar-refractivity contribution in [3.8, 4) is 0 Å². The zero-order valence-electron chi connectivity index (χ0n) is 13.3. The van der Waals surface area contributed by atoms with Crippen LogP contribution in [0, 0.1) is 0 Å². The van der Waals surface area contributed by atoms with Gasteiger partial charge in [-0.05, 0) is 29.8 Å². The highest BCUT2D eigenvalue weighted by atomic mass is 16.2. The Balaban J connectivity index is 1.73. The predicted octanol–water partition coefficient (Wildman–Crippen LogP) is 2.42. The molecule has 0 fully saturated rings. The summed E-state index contributed by atoms with van der Waals surface area (Å²) in [5.74, 6) is -0.611. The molecule has 1 N–H and O–H groups in total. The first kappa shape index (κ1) is 16.3. The van der Waals surface area contributed by atoms with Crippen LogP contribution in [0.5, 0.6) is 0 Å². The van der Waals surface area contributed by atoms with Gasteiger partial charge in [0, 0.05) is 29.7 Å². The van der Waals surface area contributed by atoms with Crippen LogP contribution in [0.15, 0.2) is 71.9 Å². The first-order valence-corrected chi connectivity index (χ1v) is 7.62. The van der Waals surface area contributed by atoms with Crippen LogP contribution in [0.4, 0.5) is 11.4 Å². The number of anilines is 2. The van der Waals surface area contributed by atoms with Crippen LogP contribution < -0.4 is 10.9 Å². The number of aldehydes is 1. The van der Waals surface area contributed by atoms with E-state index in [1.165, 1.54) is 12.3 Å². The Morgan fingerprint density at radius 1 is 1.08 bits per heavy atom. The van der Waals surface area contributed by atoms with E-state index in [1.54, 1.807) is 29.1 Å². The highest BCUT2D eigenvalue weighted by Gasteiger charge is 2.06. The minimum Gasteiger partial charge on any atom is -0.354 e. The van der Waals surface area contributed by atoms with Crippen molar-refractivity contribution in [2.75, 3.05) is 5.32 Å². The smallest absolute Gasteiger partial charge is 0.250 e. The van der Waals surface area contributed by atoms with E-state index in [4.69, 9.17) is 0 Å². The van der Waals surface area contributed by atoms with Crippen molar-refractivity contribution in [3.05, 3.63) is 88.6 Å². The molecule has 2 aromatic heterocycles. The topological polar surface area (TPSA) is 81.1 Å². The third-order valence-electron chi connectivity index (χ3n) is 3.62. The zero-order valence-corrected chi connectivity index (χ0v) is 13.3. The summed E-state index contributed by atoms with van der Waals surface area (Å²) >= 11 is 0. The van der Waals surface area contributed by atoms with Crippen LogP contribution in [0.2, 0.25) is 0 Å². The molecule has 0 atom stereocenters. The quantitative estimate of drug-likeness (QED) is 0.426. The number of ketones is 1. The van der Waals surface area contributed by atoms with Gasteiger partial charge in [-0.2, -0.15) is 0 Å². The van der Waals surface area contributed by atoms with Gasteiger partial charge in [-0.3, -0.25) is 19.4 Å². The lowest BCUT2D eigenvalue weighted by molar-refractivity contribution is -0.104. The summed E-state index contributed by atoms with van der Waals surface area (Å²) in [5.41, 5.74) is 2.59. The number of pyridine rings is 2. The minimum atomic E-state index is -0.611. The van der Waals surface area contributed by atoms with Gasteiger partial charge in [0.2, 0.25) is 5.78 Å². The molecule has 0 radical (unpaired) electrons. The number of aromatic nitrogens is 2. The van der Waals surface area contributed by atoms with Gasteiger partial charge in [-0.1, -0.05) is 18.2 Å². The van der Waals surface area contributed by atoms with Gasteiger partial charge in [0.15, 0.2) is 6.29 Å². The molecule has 3 aromatic rings. The highest BCUT2D eigenvalue weighted by Crippen LogP contribution is 2.17. The first-order valence-electron chi connectivity index (χ1n) is 7.62. The molecular weight excluding hydrogens is 318 g/mol. The molecule has 1 aromatic carbocycles. The average Bonchev–Trinajstić information content (AvgIpc) is 2.65. The Kier molecular flexibility index (Phi) is 4.80. The summed E-state index contributed by atoms with van der Waals surface area (Å²) < 4.78 is 1.63. The van der Waals surface area contributed by atoms with Crippen molar-refractivity contribution in [1.82, 2.24) is 9.55 Å². The Morgan fingerprint density at radius 3 is 2.60 bits per heavy atom. The van der Waals surface area contributed by atoms with E-state index in [0.29, 0.717) is 12.2 Å². The molecule has 0 unspecified atom stereocenters. The molecule has 6 heteroatoms. The van der Waals surface area contributed by atoms with Crippen LogP contribution in [-0.4, -0.2) is 21.6 Å². The van der Waals surface area contributed by atoms with Gasteiger partial charge in [0.05, 0.1) is 18.4 Å². The minimum absolute atomic E-state index is 0.0487. The summed E-state index contributed by atoms with van der Waals surface area (Å²) in [4.78, 5) is 37.7.